The molecule has 16 heavy (non-hydrogen) atoms. The molecule has 1 fully saturated rings. The van der Waals surface area contributed by atoms with Crippen LogP contribution in [-0.2, 0) is 6.42 Å². The van der Waals surface area contributed by atoms with Crippen LogP contribution >= 0.6 is 12.4 Å². The molecular formula is C13H21ClN2. The van der Waals surface area contributed by atoms with Crippen LogP contribution in [0.15, 0.2) is 18.2 Å². The van der Waals surface area contributed by atoms with Crippen LogP contribution in [-0.4, -0.2) is 26.2 Å². The second-order valence-electron chi connectivity index (χ2n) is 4.22. The topological polar surface area (TPSA) is 15.3 Å². The van der Waals surface area contributed by atoms with Gasteiger partial charge in [-0.25, -0.2) is 0 Å². The van der Waals surface area contributed by atoms with E-state index in [1.165, 1.54) is 16.8 Å². The van der Waals surface area contributed by atoms with Gasteiger partial charge in [0.2, 0.25) is 0 Å². The summed E-state index contributed by atoms with van der Waals surface area (Å²) in [6.07, 6.45) is 1.13. The molecule has 0 aliphatic carbocycles. The van der Waals surface area contributed by atoms with Crippen LogP contribution in [0, 0.1) is 6.92 Å². The summed E-state index contributed by atoms with van der Waals surface area (Å²) in [5.41, 5.74) is 4.28. The summed E-state index contributed by atoms with van der Waals surface area (Å²) in [5.74, 6) is 0. The van der Waals surface area contributed by atoms with E-state index in [-0.39, 0.29) is 12.4 Å². The maximum atomic E-state index is 3.39. The number of benzene rings is 1. The van der Waals surface area contributed by atoms with E-state index >= 15 is 0 Å². The SMILES string of the molecule is CCc1cc(C)ccc1N1CCNCC1.Cl. The number of hydrogen-bond donors (Lipinski definition) is 1. The molecule has 3 heteroatoms. The van der Waals surface area contributed by atoms with Gasteiger partial charge in [0.15, 0.2) is 0 Å². The van der Waals surface area contributed by atoms with E-state index in [1.54, 1.807) is 0 Å². The van der Waals surface area contributed by atoms with Gasteiger partial charge in [-0.15, -0.1) is 12.4 Å². The van der Waals surface area contributed by atoms with E-state index < -0.39 is 0 Å². The molecule has 0 atom stereocenters. The fraction of sp³-hybridized carbons (Fsp3) is 0.538. The molecule has 1 saturated heterocycles. The van der Waals surface area contributed by atoms with Crippen molar-refractivity contribution in [1.82, 2.24) is 5.32 Å². The van der Waals surface area contributed by atoms with E-state index in [0.29, 0.717) is 0 Å². The van der Waals surface area contributed by atoms with Gasteiger partial charge < -0.3 is 10.2 Å². The second kappa shape index (κ2) is 6.12. The molecule has 0 saturated carbocycles. The number of rotatable bonds is 2. The molecule has 0 bridgehead atoms. The van der Waals surface area contributed by atoms with E-state index in [1.807, 2.05) is 0 Å². The average Bonchev–Trinajstić information content (AvgIpc) is 2.30. The Bertz CT molecular complexity index is 333. The summed E-state index contributed by atoms with van der Waals surface area (Å²) in [6, 6.07) is 6.81. The molecule has 0 unspecified atom stereocenters. The Morgan fingerprint density at radius 2 is 1.94 bits per heavy atom. The predicted octanol–water partition coefficient (Wildman–Crippen LogP) is 2.39. The molecule has 1 heterocycles. The van der Waals surface area contributed by atoms with Gasteiger partial charge in [-0.3, -0.25) is 0 Å². The van der Waals surface area contributed by atoms with E-state index in [0.717, 1.165) is 32.6 Å². The van der Waals surface area contributed by atoms with Crippen molar-refractivity contribution < 1.29 is 0 Å². The number of piperazine rings is 1. The molecule has 1 aromatic rings. The zero-order valence-electron chi connectivity index (χ0n) is 10.1. The smallest absolute Gasteiger partial charge is 0.0399 e. The molecule has 0 radical (unpaired) electrons. The molecule has 1 aliphatic heterocycles. The van der Waals surface area contributed by atoms with Crippen LogP contribution in [0.2, 0.25) is 0 Å². The average molecular weight is 241 g/mol. The van der Waals surface area contributed by atoms with Gasteiger partial charge in [0.05, 0.1) is 0 Å². The first kappa shape index (κ1) is 13.3. The summed E-state index contributed by atoms with van der Waals surface area (Å²) in [5, 5.41) is 3.39. The minimum Gasteiger partial charge on any atom is -0.369 e. The van der Waals surface area contributed by atoms with E-state index in [4.69, 9.17) is 0 Å². The van der Waals surface area contributed by atoms with Crippen LogP contribution in [0.1, 0.15) is 18.1 Å². The third-order valence-electron chi connectivity index (χ3n) is 3.07. The first-order chi connectivity index (χ1) is 7.31. The van der Waals surface area contributed by atoms with Crippen molar-refractivity contribution in [2.24, 2.45) is 0 Å². The normalized spacial score (nSPS) is 15.8. The minimum atomic E-state index is 0. The molecule has 0 amide bonds. The summed E-state index contributed by atoms with van der Waals surface area (Å²) < 4.78 is 0. The Balaban J connectivity index is 0.00000128. The molecule has 2 rings (SSSR count). The highest BCUT2D eigenvalue weighted by Gasteiger charge is 2.12. The lowest BCUT2D eigenvalue weighted by Gasteiger charge is -2.31. The van der Waals surface area contributed by atoms with Crippen LogP contribution in [0.4, 0.5) is 5.69 Å². The molecule has 1 aliphatic rings. The molecule has 1 aromatic carbocycles. The Morgan fingerprint density at radius 3 is 2.56 bits per heavy atom. The maximum Gasteiger partial charge on any atom is 0.0399 e. The lowest BCUT2D eigenvalue weighted by Crippen LogP contribution is -2.43. The van der Waals surface area contributed by atoms with Gasteiger partial charge in [0.1, 0.15) is 0 Å². The number of halogens is 1. The molecule has 0 aromatic heterocycles. The van der Waals surface area contributed by atoms with Crippen molar-refractivity contribution in [3.8, 4) is 0 Å². The fourth-order valence-corrected chi connectivity index (χ4v) is 2.21. The fourth-order valence-electron chi connectivity index (χ4n) is 2.21. The quantitative estimate of drug-likeness (QED) is 0.854. The van der Waals surface area contributed by atoms with Crippen molar-refractivity contribution in [3.63, 3.8) is 0 Å². The zero-order valence-corrected chi connectivity index (χ0v) is 10.9. The van der Waals surface area contributed by atoms with Crippen molar-refractivity contribution in [2.45, 2.75) is 20.3 Å². The standard InChI is InChI=1S/C13H20N2.ClH/c1-3-12-10-11(2)4-5-13(12)15-8-6-14-7-9-15;/h4-5,10,14H,3,6-9H2,1-2H3;1H. The largest absolute Gasteiger partial charge is 0.369 e. The summed E-state index contributed by atoms with van der Waals surface area (Å²) in [7, 11) is 0. The number of nitrogens with zero attached hydrogens (tertiary/aromatic N) is 1. The number of hydrogen-bond acceptors (Lipinski definition) is 2. The summed E-state index contributed by atoms with van der Waals surface area (Å²) >= 11 is 0. The Kier molecular flexibility index (Phi) is 5.10. The highest BCUT2D eigenvalue weighted by Crippen LogP contribution is 2.22. The van der Waals surface area contributed by atoms with Gasteiger partial charge in [-0.2, -0.15) is 0 Å². The third-order valence-corrected chi connectivity index (χ3v) is 3.07. The highest BCUT2D eigenvalue weighted by atomic mass is 35.5. The van der Waals surface area contributed by atoms with Crippen LogP contribution in [0.3, 0.4) is 0 Å². The lowest BCUT2D eigenvalue weighted by atomic mass is 10.1. The minimum absolute atomic E-state index is 0. The molecular weight excluding hydrogens is 220 g/mol. The van der Waals surface area contributed by atoms with E-state index in [2.05, 4.69) is 42.3 Å². The summed E-state index contributed by atoms with van der Waals surface area (Å²) in [6.45, 7) is 8.89. The predicted molar refractivity (Wildman–Crippen MR) is 72.9 cm³/mol. The van der Waals surface area contributed by atoms with Gasteiger partial charge in [0, 0.05) is 31.9 Å². The molecule has 2 nitrogen and oxygen atoms in total. The highest BCUT2D eigenvalue weighted by molar-refractivity contribution is 5.85. The Morgan fingerprint density at radius 1 is 1.25 bits per heavy atom. The van der Waals surface area contributed by atoms with Crippen LogP contribution in [0.25, 0.3) is 0 Å². The Labute approximate surface area is 104 Å². The first-order valence-corrected chi connectivity index (χ1v) is 5.86. The van der Waals surface area contributed by atoms with Crippen LogP contribution in [0.5, 0.6) is 0 Å². The van der Waals surface area contributed by atoms with Gasteiger partial charge in [-0.05, 0) is 25.0 Å². The van der Waals surface area contributed by atoms with Crippen molar-refractivity contribution in [2.75, 3.05) is 31.1 Å². The maximum absolute atomic E-state index is 3.39. The van der Waals surface area contributed by atoms with Gasteiger partial charge in [0.25, 0.3) is 0 Å². The Hall–Kier alpha value is -0.730. The zero-order chi connectivity index (χ0) is 10.7. The van der Waals surface area contributed by atoms with Gasteiger partial charge >= 0.3 is 0 Å². The summed E-state index contributed by atoms with van der Waals surface area (Å²) in [4.78, 5) is 2.49. The molecule has 0 spiro atoms. The van der Waals surface area contributed by atoms with Crippen molar-refractivity contribution >= 4 is 18.1 Å². The number of nitrogens with one attached hydrogen (secondary N) is 1. The van der Waals surface area contributed by atoms with Gasteiger partial charge in [-0.1, -0.05) is 24.6 Å². The van der Waals surface area contributed by atoms with Crippen molar-refractivity contribution in [3.05, 3.63) is 29.3 Å². The van der Waals surface area contributed by atoms with Crippen LogP contribution < -0.4 is 10.2 Å². The number of aryl methyl sites for hydroxylation is 2. The monoisotopic (exact) mass is 240 g/mol. The lowest BCUT2D eigenvalue weighted by molar-refractivity contribution is 0.588. The molecule has 1 N–H and O–H groups in total. The second-order valence-corrected chi connectivity index (χ2v) is 4.22. The third kappa shape index (κ3) is 2.89. The van der Waals surface area contributed by atoms with Crippen molar-refractivity contribution in [1.29, 1.82) is 0 Å². The van der Waals surface area contributed by atoms with E-state index in [9.17, 15) is 0 Å². The number of anilines is 1. The first-order valence-electron chi connectivity index (χ1n) is 5.86. The molecule has 90 valence electrons.